The highest BCUT2D eigenvalue weighted by Gasteiger charge is 2.35. The average Bonchev–Trinajstić information content (AvgIpc) is 2.90. The number of benzene rings is 2. The minimum atomic E-state index is -0.393. The maximum atomic E-state index is 12.7. The first-order valence-corrected chi connectivity index (χ1v) is 9.07. The van der Waals surface area contributed by atoms with Gasteiger partial charge in [-0.15, -0.1) is 0 Å². The van der Waals surface area contributed by atoms with Crippen molar-refractivity contribution in [1.29, 1.82) is 0 Å². The van der Waals surface area contributed by atoms with Crippen LogP contribution in [0.4, 0.5) is 4.79 Å². The van der Waals surface area contributed by atoms with E-state index in [9.17, 15) is 14.7 Å². The summed E-state index contributed by atoms with van der Waals surface area (Å²) in [6.45, 7) is 0.144. The number of nitrogens with zero attached hydrogens (tertiary/aromatic N) is 1. The van der Waals surface area contributed by atoms with E-state index in [1.54, 1.807) is 42.5 Å². The van der Waals surface area contributed by atoms with E-state index >= 15 is 0 Å². The molecular weight excluding hydrogens is 390 g/mol. The summed E-state index contributed by atoms with van der Waals surface area (Å²) in [6.07, 6.45) is 1.56. The van der Waals surface area contributed by atoms with E-state index < -0.39 is 5.91 Å². The molecular formula is C19H16ClNO5S. The topological polar surface area (TPSA) is 76.1 Å². The summed E-state index contributed by atoms with van der Waals surface area (Å²) in [4.78, 5) is 26.4. The van der Waals surface area contributed by atoms with E-state index in [1.807, 2.05) is 0 Å². The second-order valence-electron chi connectivity index (χ2n) is 5.67. The van der Waals surface area contributed by atoms with Gasteiger partial charge >= 0.3 is 0 Å². The van der Waals surface area contributed by atoms with Crippen LogP contribution in [0.2, 0.25) is 5.02 Å². The van der Waals surface area contributed by atoms with Crippen molar-refractivity contribution in [3.63, 3.8) is 0 Å². The number of ether oxygens (including phenoxy) is 2. The summed E-state index contributed by atoms with van der Waals surface area (Å²) in [5, 5.41) is 10.2. The van der Waals surface area contributed by atoms with E-state index in [2.05, 4.69) is 0 Å². The largest absolute Gasteiger partial charge is 0.502 e. The van der Waals surface area contributed by atoms with Gasteiger partial charge in [-0.2, -0.15) is 0 Å². The first-order valence-electron chi connectivity index (χ1n) is 7.87. The number of hydrogen-bond acceptors (Lipinski definition) is 6. The molecule has 0 radical (unpaired) electrons. The lowest BCUT2D eigenvalue weighted by molar-refractivity contribution is -0.123. The fraction of sp³-hybridized carbons (Fsp3) is 0.158. The molecule has 1 N–H and O–H groups in total. The summed E-state index contributed by atoms with van der Waals surface area (Å²) in [7, 11) is 2.83. The van der Waals surface area contributed by atoms with Crippen molar-refractivity contribution < 1.29 is 24.2 Å². The number of carbonyl (C=O) groups excluding carboxylic acids is 2. The van der Waals surface area contributed by atoms with Crippen molar-refractivity contribution in [3.8, 4) is 17.2 Å². The van der Waals surface area contributed by atoms with Crippen LogP contribution in [-0.2, 0) is 11.3 Å². The van der Waals surface area contributed by atoms with Crippen LogP contribution in [0.3, 0.4) is 0 Å². The van der Waals surface area contributed by atoms with Gasteiger partial charge in [0.25, 0.3) is 11.1 Å². The molecule has 2 aromatic carbocycles. The number of phenolic OH excluding ortho intramolecular Hbond substituents is 1. The van der Waals surface area contributed by atoms with Gasteiger partial charge in [-0.3, -0.25) is 14.5 Å². The molecule has 0 unspecified atom stereocenters. The van der Waals surface area contributed by atoms with Gasteiger partial charge in [0.1, 0.15) is 0 Å². The third-order valence-corrected chi connectivity index (χ3v) is 5.05. The van der Waals surface area contributed by atoms with Crippen molar-refractivity contribution in [2.24, 2.45) is 0 Å². The Labute approximate surface area is 165 Å². The second kappa shape index (κ2) is 7.94. The maximum Gasteiger partial charge on any atom is 0.293 e. The van der Waals surface area contributed by atoms with Crippen LogP contribution in [0.1, 0.15) is 11.1 Å². The third-order valence-electron chi connectivity index (χ3n) is 3.90. The molecule has 0 aliphatic carbocycles. The number of rotatable bonds is 5. The quantitative estimate of drug-likeness (QED) is 0.747. The molecule has 0 spiro atoms. The fourth-order valence-corrected chi connectivity index (χ4v) is 3.65. The smallest absolute Gasteiger partial charge is 0.293 e. The Morgan fingerprint density at radius 2 is 1.81 bits per heavy atom. The van der Waals surface area contributed by atoms with Crippen LogP contribution < -0.4 is 9.47 Å². The number of hydrogen-bond donors (Lipinski definition) is 1. The minimum Gasteiger partial charge on any atom is -0.502 e. The highest BCUT2D eigenvalue weighted by atomic mass is 35.5. The molecule has 1 aliphatic heterocycles. The molecule has 1 heterocycles. The molecule has 6 nitrogen and oxygen atoms in total. The predicted molar refractivity (Wildman–Crippen MR) is 104 cm³/mol. The fourth-order valence-electron chi connectivity index (χ4n) is 2.60. The van der Waals surface area contributed by atoms with E-state index in [1.165, 1.54) is 14.2 Å². The van der Waals surface area contributed by atoms with Crippen LogP contribution in [0, 0.1) is 0 Å². The van der Waals surface area contributed by atoms with Gasteiger partial charge in [0.15, 0.2) is 11.5 Å². The number of carbonyl (C=O) groups is 2. The van der Waals surface area contributed by atoms with Crippen LogP contribution in [0.15, 0.2) is 41.3 Å². The molecule has 8 heteroatoms. The number of amides is 2. The van der Waals surface area contributed by atoms with Crippen LogP contribution >= 0.6 is 23.4 Å². The Bertz CT molecular complexity index is 918. The average molecular weight is 406 g/mol. The zero-order chi connectivity index (χ0) is 19.6. The van der Waals surface area contributed by atoms with E-state index in [0.29, 0.717) is 10.6 Å². The van der Waals surface area contributed by atoms with E-state index in [4.69, 9.17) is 21.1 Å². The van der Waals surface area contributed by atoms with Crippen molar-refractivity contribution in [2.75, 3.05) is 14.2 Å². The first kappa shape index (κ1) is 19.1. The number of halogens is 1. The van der Waals surface area contributed by atoms with Crippen molar-refractivity contribution in [1.82, 2.24) is 4.90 Å². The van der Waals surface area contributed by atoms with Gasteiger partial charge in [0.05, 0.1) is 25.7 Å². The Morgan fingerprint density at radius 1 is 1.15 bits per heavy atom. The van der Waals surface area contributed by atoms with E-state index in [0.717, 1.165) is 22.2 Å². The van der Waals surface area contributed by atoms with Crippen molar-refractivity contribution >= 4 is 40.6 Å². The van der Waals surface area contributed by atoms with Gasteiger partial charge in [-0.05, 0) is 53.2 Å². The van der Waals surface area contributed by atoms with Crippen molar-refractivity contribution in [2.45, 2.75) is 6.54 Å². The van der Waals surface area contributed by atoms with Crippen molar-refractivity contribution in [3.05, 3.63) is 57.5 Å². The molecule has 2 amide bonds. The predicted octanol–water partition coefficient (Wildman–Crippen LogP) is 4.30. The molecule has 1 aliphatic rings. The Morgan fingerprint density at radius 3 is 2.41 bits per heavy atom. The molecule has 0 bridgehead atoms. The molecule has 140 valence electrons. The molecule has 0 atom stereocenters. The molecule has 2 aromatic rings. The monoisotopic (exact) mass is 405 g/mol. The second-order valence-corrected chi connectivity index (χ2v) is 7.10. The van der Waals surface area contributed by atoms with Crippen LogP contribution in [0.25, 0.3) is 6.08 Å². The summed E-state index contributed by atoms with van der Waals surface area (Å²) in [5.74, 6) is -0.111. The van der Waals surface area contributed by atoms with Crippen LogP contribution in [-0.4, -0.2) is 35.4 Å². The summed E-state index contributed by atoms with van der Waals surface area (Å²) < 4.78 is 10.2. The molecule has 27 heavy (non-hydrogen) atoms. The lowest BCUT2D eigenvalue weighted by Crippen LogP contribution is -2.27. The van der Waals surface area contributed by atoms with Gasteiger partial charge in [-0.25, -0.2) is 0 Å². The number of phenols is 1. The Balaban J connectivity index is 1.88. The maximum absolute atomic E-state index is 12.7. The molecule has 0 saturated carbocycles. The molecule has 1 fully saturated rings. The normalized spacial score (nSPS) is 15.5. The summed E-state index contributed by atoms with van der Waals surface area (Å²) in [5.41, 5.74) is 1.33. The Hall–Kier alpha value is -2.64. The lowest BCUT2D eigenvalue weighted by atomic mass is 10.1. The third kappa shape index (κ3) is 4.04. The highest BCUT2D eigenvalue weighted by Crippen LogP contribution is 2.39. The Kier molecular flexibility index (Phi) is 5.62. The summed E-state index contributed by atoms with van der Waals surface area (Å²) in [6, 6.07) is 10.1. The lowest BCUT2D eigenvalue weighted by Gasteiger charge is -2.12. The number of methoxy groups -OCH3 is 2. The van der Waals surface area contributed by atoms with Gasteiger partial charge < -0.3 is 14.6 Å². The molecule has 3 rings (SSSR count). The zero-order valence-corrected chi connectivity index (χ0v) is 16.1. The first-order chi connectivity index (χ1) is 12.9. The minimum absolute atomic E-state index is 0.133. The molecule has 0 aromatic heterocycles. The highest BCUT2D eigenvalue weighted by molar-refractivity contribution is 8.18. The van der Waals surface area contributed by atoms with Gasteiger partial charge in [0.2, 0.25) is 5.75 Å². The van der Waals surface area contributed by atoms with Crippen LogP contribution in [0.5, 0.6) is 17.2 Å². The number of aromatic hydroxyl groups is 1. The number of imide groups is 1. The zero-order valence-electron chi connectivity index (χ0n) is 14.6. The number of thioether (sulfide) groups is 1. The van der Waals surface area contributed by atoms with Gasteiger partial charge in [-0.1, -0.05) is 23.7 Å². The van der Waals surface area contributed by atoms with E-state index in [-0.39, 0.29) is 33.9 Å². The SMILES string of the molecule is COc1cc(/C=C2\SC(=O)N(Cc3cccc(Cl)c3)C2=O)cc(OC)c1O. The van der Waals surface area contributed by atoms with Gasteiger partial charge in [0, 0.05) is 5.02 Å². The molecule has 1 saturated heterocycles. The summed E-state index contributed by atoms with van der Waals surface area (Å²) >= 11 is 6.81. The standard InChI is InChI=1S/C19H16ClNO5S/c1-25-14-7-12(8-15(26-2)17(14)22)9-16-18(23)21(19(24)27-16)10-11-4-3-5-13(20)6-11/h3-9,22H,10H2,1-2H3/b16-9-.